The van der Waals surface area contributed by atoms with Crippen LogP contribution in [0.25, 0.3) is 0 Å². The molecule has 6 nitrogen and oxygen atoms in total. The van der Waals surface area contributed by atoms with Crippen LogP contribution in [0.1, 0.15) is 30.9 Å². The zero-order chi connectivity index (χ0) is 20.4. The summed E-state index contributed by atoms with van der Waals surface area (Å²) in [5.41, 5.74) is 2.70. The fraction of sp³-hybridized carbons (Fsp3) is 0.682. The summed E-state index contributed by atoms with van der Waals surface area (Å²) in [5, 5.41) is 7.09. The summed E-state index contributed by atoms with van der Waals surface area (Å²) in [6.07, 6.45) is 2.19. The molecule has 7 heteroatoms. The SMILES string of the molecule is CCSC1(CNC(=NC)NCc2ccccc2CN2CCOCC2)CCOCC1. The maximum Gasteiger partial charge on any atom is 0.191 e. The Kier molecular flexibility index (Phi) is 9.11. The molecule has 2 saturated heterocycles. The Labute approximate surface area is 179 Å². The van der Waals surface area contributed by atoms with Crippen LogP contribution < -0.4 is 10.6 Å². The first-order chi connectivity index (χ1) is 14.2. The zero-order valence-electron chi connectivity index (χ0n) is 17.9. The highest BCUT2D eigenvalue weighted by Crippen LogP contribution is 2.34. The molecular weight excluding hydrogens is 384 g/mol. The number of hydrogen-bond donors (Lipinski definition) is 2. The summed E-state index contributed by atoms with van der Waals surface area (Å²) in [4.78, 5) is 6.92. The smallest absolute Gasteiger partial charge is 0.191 e. The minimum Gasteiger partial charge on any atom is -0.381 e. The van der Waals surface area contributed by atoms with Crippen molar-refractivity contribution in [1.82, 2.24) is 15.5 Å². The second kappa shape index (κ2) is 11.8. The van der Waals surface area contributed by atoms with Crippen LogP contribution in [-0.2, 0) is 22.6 Å². The van der Waals surface area contributed by atoms with Crippen molar-refractivity contribution in [2.24, 2.45) is 4.99 Å². The predicted molar refractivity (Wildman–Crippen MR) is 122 cm³/mol. The molecule has 29 heavy (non-hydrogen) atoms. The average Bonchev–Trinajstić information content (AvgIpc) is 2.76. The van der Waals surface area contributed by atoms with Crippen molar-refractivity contribution in [3.8, 4) is 0 Å². The molecule has 0 unspecified atom stereocenters. The molecule has 2 fully saturated rings. The van der Waals surface area contributed by atoms with Crippen LogP contribution in [-0.4, -0.2) is 74.5 Å². The van der Waals surface area contributed by atoms with E-state index >= 15 is 0 Å². The number of aliphatic imine (C=N–C) groups is 1. The van der Waals surface area contributed by atoms with Crippen molar-refractivity contribution in [2.45, 2.75) is 37.6 Å². The molecule has 0 saturated carbocycles. The number of guanidine groups is 1. The van der Waals surface area contributed by atoms with E-state index in [1.54, 1.807) is 0 Å². The van der Waals surface area contributed by atoms with Gasteiger partial charge in [-0.25, -0.2) is 0 Å². The van der Waals surface area contributed by atoms with Crippen molar-refractivity contribution in [3.63, 3.8) is 0 Å². The highest BCUT2D eigenvalue weighted by molar-refractivity contribution is 8.00. The molecule has 0 bridgehead atoms. The summed E-state index contributed by atoms with van der Waals surface area (Å²) < 4.78 is 11.3. The summed E-state index contributed by atoms with van der Waals surface area (Å²) in [6.45, 7) is 10.3. The summed E-state index contributed by atoms with van der Waals surface area (Å²) in [6, 6.07) is 8.69. The van der Waals surface area contributed by atoms with Crippen molar-refractivity contribution in [2.75, 3.05) is 58.9 Å². The maximum atomic E-state index is 5.59. The van der Waals surface area contributed by atoms with E-state index in [2.05, 4.69) is 51.7 Å². The predicted octanol–water partition coefficient (Wildman–Crippen LogP) is 2.49. The lowest BCUT2D eigenvalue weighted by atomic mass is 9.99. The first-order valence-electron chi connectivity index (χ1n) is 10.8. The van der Waals surface area contributed by atoms with E-state index in [4.69, 9.17) is 9.47 Å². The summed E-state index contributed by atoms with van der Waals surface area (Å²) >= 11 is 2.05. The van der Waals surface area contributed by atoms with Gasteiger partial charge in [-0.15, -0.1) is 0 Å². The molecule has 1 aromatic carbocycles. The summed E-state index contributed by atoms with van der Waals surface area (Å²) in [7, 11) is 1.85. The minimum atomic E-state index is 0.249. The summed E-state index contributed by atoms with van der Waals surface area (Å²) in [5.74, 6) is 2.00. The van der Waals surface area contributed by atoms with Crippen molar-refractivity contribution >= 4 is 17.7 Å². The molecule has 2 aliphatic heterocycles. The molecule has 1 aromatic rings. The number of thioether (sulfide) groups is 1. The minimum absolute atomic E-state index is 0.249. The standard InChI is InChI=1S/C22H36N4O2S/c1-3-29-22(8-12-27-13-9-22)18-25-21(23-2)24-16-19-6-4-5-7-20(19)17-26-10-14-28-15-11-26/h4-7H,3,8-18H2,1-2H3,(H2,23,24,25). The Hall–Kier alpha value is -1.28. The van der Waals surface area contributed by atoms with Crippen LogP contribution in [0.15, 0.2) is 29.3 Å². The van der Waals surface area contributed by atoms with Gasteiger partial charge in [-0.2, -0.15) is 11.8 Å². The van der Waals surface area contributed by atoms with Crippen molar-refractivity contribution < 1.29 is 9.47 Å². The third kappa shape index (κ3) is 6.88. The fourth-order valence-electron chi connectivity index (χ4n) is 3.95. The van der Waals surface area contributed by atoms with Gasteiger partial charge >= 0.3 is 0 Å². The van der Waals surface area contributed by atoms with Crippen LogP contribution in [0, 0.1) is 0 Å². The van der Waals surface area contributed by atoms with E-state index in [0.29, 0.717) is 0 Å². The molecule has 2 N–H and O–H groups in total. The molecule has 0 aliphatic carbocycles. The fourth-order valence-corrected chi connectivity index (χ4v) is 5.19. The van der Waals surface area contributed by atoms with Crippen molar-refractivity contribution in [3.05, 3.63) is 35.4 Å². The molecule has 0 radical (unpaired) electrons. The van der Waals surface area contributed by atoms with Crippen LogP contribution >= 0.6 is 11.8 Å². The van der Waals surface area contributed by atoms with Gasteiger partial charge in [0.05, 0.1) is 13.2 Å². The topological polar surface area (TPSA) is 58.1 Å². The molecule has 162 valence electrons. The first-order valence-corrected chi connectivity index (χ1v) is 11.8. The number of benzene rings is 1. The maximum absolute atomic E-state index is 5.59. The molecular formula is C22H36N4O2S. The van der Waals surface area contributed by atoms with Crippen LogP contribution in [0.5, 0.6) is 0 Å². The lowest BCUT2D eigenvalue weighted by molar-refractivity contribution is 0.0341. The van der Waals surface area contributed by atoms with E-state index < -0.39 is 0 Å². The van der Waals surface area contributed by atoms with Gasteiger partial charge in [0.15, 0.2) is 5.96 Å². The Bertz CT molecular complexity index is 638. The first kappa shape index (κ1) is 22.4. The van der Waals surface area contributed by atoms with Crippen LogP contribution in [0.3, 0.4) is 0 Å². The van der Waals surface area contributed by atoms with E-state index in [9.17, 15) is 0 Å². The van der Waals surface area contributed by atoms with E-state index in [1.807, 2.05) is 18.8 Å². The Morgan fingerprint density at radius 2 is 1.76 bits per heavy atom. The van der Waals surface area contributed by atoms with Gasteiger partial charge in [0.25, 0.3) is 0 Å². The van der Waals surface area contributed by atoms with Gasteiger partial charge < -0.3 is 20.1 Å². The number of ether oxygens (including phenoxy) is 2. The highest BCUT2D eigenvalue weighted by Gasteiger charge is 2.32. The largest absolute Gasteiger partial charge is 0.381 e. The third-order valence-electron chi connectivity index (χ3n) is 5.72. The number of nitrogens with one attached hydrogen (secondary N) is 2. The highest BCUT2D eigenvalue weighted by atomic mass is 32.2. The van der Waals surface area contributed by atoms with E-state index in [0.717, 1.165) is 83.7 Å². The molecule has 2 aliphatic rings. The Morgan fingerprint density at radius 3 is 2.45 bits per heavy atom. The zero-order valence-corrected chi connectivity index (χ0v) is 18.7. The van der Waals surface area contributed by atoms with Gasteiger partial charge in [0.1, 0.15) is 0 Å². The quantitative estimate of drug-likeness (QED) is 0.498. The average molecular weight is 421 g/mol. The monoisotopic (exact) mass is 420 g/mol. The van der Waals surface area contributed by atoms with Crippen LogP contribution in [0.2, 0.25) is 0 Å². The Morgan fingerprint density at radius 1 is 1.07 bits per heavy atom. The molecule has 0 aromatic heterocycles. The van der Waals surface area contributed by atoms with Crippen LogP contribution in [0.4, 0.5) is 0 Å². The lowest BCUT2D eigenvalue weighted by Crippen LogP contribution is -2.48. The number of morpholine rings is 1. The number of nitrogens with zero attached hydrogens (tertiary/aromatic N) is 2. The third-order valence-corrected chi connectivity index (χ3v) is 7.17. The van der Waals surface area contributed by atoms with E-state index in [-0.39, 0.29) is 4.75 Å². The van der Waals surface area contributed by atoms with Gasteiger partial charge in [-0.3, -0.25) is 9.89 Å². The molecule has 0 atom stereocenters. The number of rotatable bonds is 8. The second-order valence-corrected chi connectivity index (χ2v) is 9.40. The van der Waals surface area contributed by atoms with Gasteiger partial charge in [0, 0.05) is 57.7 Å². The molecule has 0 amide bonds. The van der Waals surface area contributed by atoms with Gasteiger partial charge in [0.2, 0.25) is 0 Å². The molecule has 3 rings (SSSR count). The molecule has 0 spiro atoms. The normalized spacial score (nSPS) is 20.4. The molecule has 2 heterocycles. The van der Waals surface area contributed by atoms with Gasteiger partial charge in [-0.05, 0) is 29.7 Å². The second-order valence-electron chi connectivity index (χ2n) is 7.66. The number of hydrogen-bond acceptors (Lipinski definition) is 5. The van der Waals surface area contributed by atoms with Crippen molar-refractivity contribution in [1.29, 1.82) is 0 Å². The lowest BCUT2D eigenvalue weighted by Gasteiger charge is -2.37. The van der Waals surface area contributed by atoms with Gasteiger partial charge in [-0.1, -0.05) is 31.2 Å². The van der Waals surface area contributed by atoms with E-state index in [1.165, 1.54) is 11.1 Å². The Balaban J connectivity index is 1.54.